The van der Waals surface area contributed by atoms with E-state index in [-0.39, 0.29) is 21.1 Å². The molecule has 42 heavy (non-hydrogen) atoms. The zero-order valence-corrected chi connectivity index (χ0v) is 24.9. The van der Waals surface area contributed by atoms with Crippen molar-refractivity contribution in [1.29, 1.82) is 0 Å². The minimum atomic E-state index is 0. The maximum atomic E-state index is 4.94. The average Bonchev–Trinajstić information content (AvgIpc) is 3.56. The van der Waals surface area contributed by atoms with Gasteiger partial charge >= 0.3 is 21.1 Å². The smallest absolute Gasteiger partial charge is 0.367 e. The Morgan fingerprint density at radius 3 is 2.36 bits per heavy atom. The molecule has 0 aliphatic heterocycles. The van der Waals surface area contributed by atoms with Gasteiger partial charge < -0.3 is 14.1 Å². The fourth-order valence-electron chi connectivity index (χ4n) is 5.76. The van der Waals surface area contributed by atoms with Crippen molar-refractivity contribution in [2.24, 2.45) is 7.05 Å². The summed E-state index contributed by atoms with van der Waals surface area (Å²) in [5.74, 6) is 0.886. The van der Waals surface area contributed by atoms with Gasteiger partial charge in [-0.05, 0) is 63.7 Å². The largest absolute Gasteiger partial charge is 2.00 e. The third kappa shape index (κ3) is 4.17. The molecule has 4 heterocycles. The van der Waals surface area contributed by atoms with Crippen LogP contribution in [0.3, 0.4) is 0 Å². The van der Waals surface area contributed by atoms with Crippen LogP contribution in [-0.4, -0.2) is 24.1 Å². The summed E-state index contributed by atoms with van der Waals surface area (Å²) in [6.07, 6.45) is 5.48. The Bertz CT molecular complexity index is 2230. The number of fused-ring (bicyclic) bond motifs is 4. The van der Waals surface area contributed by atoms with Gasteiger partial charge in [0.2, 0.25) is 0 Å². The van der Waals surface area contributed by atoms with Crippen LogP contribution in [0.4, 0.5) is 0 Å². The maximum absolute atomic E-state index is 4.94. The Hall–Kier alpha value is -4.86. The first kappa shape index (κ1) is 26.1. The number of hydrogen-bond donors (Lipinski definition) is 0. The van der Waals surface area contributed by atoms with Gasteiger partial charge in [0, 0.05) is 31.2 Å². The Balaban J connectivity index is 0.00000288. The average molecular weight is 721 g/mol. The summed E-state index contributed by atoms with van der Waals surface area (Å²) >= 11 is 0. The normalized spacial score (nSPS) is 11.3. The van der Waals surface area contributed by atoms with Crippen molar-refractivity contribution in [3.8, 4) is 39.5 Å². The van der Waals surface area contributed by atoms with Gasteiger partial charge in [0.15, 0.2) is 0 Å². The van der Waals surface area contributed by atoms with Crippen molar-refractivity contribution in [3.05, 3.63) is 134 Å². The van der Waals surface area contributed by atoms with Gasteiger partial charge in [-0.3, -0.25) is 9.97 Å². The molecule has 0 N–H and O–H groups in total. The van der Waals surface area contributed by atoms with E-state index in [2.05, 4.69) is 106 Å². The second-order valence-corrected chi connectivity index (χ2v) is 10.1. The van der Waals surface area contributed by atoms with Crippen LogP contribution in [0.25, 0.3) is 72.3 Å². The van der Waals surface area contributed by atoms with Gasteiger partial charge in [0.05, 0.1) is 16.9 Å². The van der Waals surface area contributed by atoms with E-state index in [1.165, 1.54) is 5.39 Å². The number of imidazole rings is 1. The predicted octanol–water partition coefficient (Wildman–Crippen LogP) is 8.06. The molecule has 0 bridgehead atoms. The van der Waals surface area contributed by atoms with Crippen LogP contribution >= 0.6 is 0 Å². The second-order valence-electron chi connectivity index (χ2n) is 10.1. The summed E-state index contributed by atoms with van der Waals surface area (Å²) < 4.78 is 4.38. The van der Waals surface area contributed by atoms with Crippen LogP contribution in [0.2, 0.25) is 0 Å². The molecule has 8 aromatic rings. The summed E-state index contributed by atoms with van der Waals surface area (Å²) in [6.45, 7) is 0. The molecule has 0 fully saturated rings. The molecule has 0 saturated heterocycles. The number of aryl methyl sites for hydroxylation is 1. The van der Waals surface area contributed by atoms with Gasteiger partial charge in [-0.15, -0.1) is 53.6 Å². The molecule has 8 rings (SSSR count). The monoisotopic (exact) mass is 720 g/mol. The number of aromatic nitrogens is 5. The molecule has 0 aliphatic carbocycles. The summed E-state index contributed by atoms with van der Waals surface area (Å²) in [4.78, 5) is 14.0. The van der Waals surface area contributed by atoms with Gasteiger partial charge in [-0.25, -0.2) is 0 Å². The van der Waals surface area contributed by atoms with E-state index in [0.717, 1.165) is 66.9 Å². The van der Waals surface area contributed by atoms with E-state index in [4.69, 9.17) is 9.97 Å². The number of para-hydroxylation sites is 3. The quantitative estimate of drug-likeness (QED) is 0.173. The Kier molecular flexibility index (Phi) is 6.53. The Morgan fingerprint density at radius 2 is 1.50 bits per heavy atom. The van der Waals surface area contributed by atoms with E-state index < -0.39 is 0 Å². The van der Waals surface area contributed by atoms with Crippen LogP contribution < -0.4 is 0 Å². The van der Waals surface area contributed by atoms with E-state index in [1.54, 1.807) is 6.20 Å². The molecular weight excluding hydrogens is 698 g/mol. The summed E-state index contributed by atoms with van der Waals surface area (Å²) in [5.41, 5.74) is 9.85. The van der Waals surface area contributed by atoms with Crippen molar-refractivity contribution in [1.82, 2.24) is 24.1 Å². The fourth-order valence-corrected chi connectivity index (χ4v) is 5.76. The molecule has 0 atom stereocenters. The van der Waals surface area contributed by atoms with E-state index in [1.807, 2.05) is 42.7 Å². The van der Waals surface area contributed by atoms with Crippen LogP contribution in [0.5, 0.6) is 0 Å². The molecule has 0 saturated carbocycles. The summed E-state index contributed by atoms with van der Waals surface area (Å²) in [7, 11) is 2.06. The molecule has 0 spiro atoms. The maximum Gasteiger partial charge on any atom is 2.00 e. The molecule has 0 radical (unpaired) electrons. The molecule has 5 nitrogen and oxygen atoms in total. The predicted molar refractivity (Wildman–Crippen MR) is 165 cm³/mol. The van der Waals surface area contributed by atoms with Crippen LogP contribution in [0.1, 0.15) is 0 Å². The van der Waals surface area contributed by atoms with E-state index >= 15 is 0 Å². The molecule has 0 aliphatic rings. The Morgan fingerprint density at radius 1 is 0.667 bits per heavy atom. The molecule has 4 aromatic carbocycles. The molecule has 202 valence electrons. The van der Waals surface area contributed by atoms with Crippen molar-refractivity contribution < 1.29 is 21.1 Å². The topological polar surface area (TPSA) is 48.5 Å². The van der Waals surface area contributed by atoms with Crippen molar-refractivity contribution >= 4 is 32.8 Å². The third-order valence-electron chi connectivity index (χ3n) is 7.67. The molecule has 4 aromatic heterocycles. The number of nitrogens with zero attached hydrogens (tertiary/aromatic N) is 5. The number of hydrogen-bond acceptors (Lipinski definition) is 3. The van der Waals surface area contributed by atoms with E-state index in [9.17, 15) is 0 Å². The van der Waals surface area contributed by atoms with Crippen LogP contribution in [0.15, 0.2) is 122 Å². The zero-order valence-electron chi connectivity index (χ0n) is 22.6. The minimum absolute atomic E-state index is 0. The third-order valence-corrected chi connectivity index (χ3v) is 7.67. The van der Waals surface area contributed by atoms with Crippen molar-refractivity contribution in [2.45, 2.75) is 0 Å². The molecule has 0 unspecified atom stereocenters. The van der Waals surface area contributed by atoms with Gasteiger partial charge in [-0.2, -0.15) is 0 Å². The Labute approximate surface area is 257 Å². The zero-order chi connectivity index (χ0) is 27.3. The van der Waals surface area contributed by atoms with Crippen molar-refractivity contribution in [2.75, 3.05) is 0 Å². The van der Waals surface area contributed by atoms with Crippen molar-refractivity contribution in [3.63, 3.8) is 0 Å². The number of pyridine rings is 2. The minimum Gasteiger partial charge on any atom is -0.367 e. The van der Waals surface area contributed by atoms with Crippen LogP contribution in [-0.2, 0) is 28.1 Å². The van der Waals surface area contributed by atoms with Crippen LogP contribution in [0, 0.1) is 12.1 Å². The number of benzene rings is 4. The van der Waals surface area contributed by atoms with Gasteiger partial charge in [0.1, 0.15) is 0 Å². The molecule has 6 heteroatoms. The second kappa shape index (κ2) is 10.5. The van der Waals surface area contributed by atoms with Gasteiger partial charge in [-0.1, -0.05) is 47.9 Å². The first-order valence-corrected chi connectivity index (χ1v) is 13.5. The molecular formula is C36H23N5Pt. The molecule has 0 amide bonds. The van der Waals surface area contributed by atoms with Gasteiger partial charge in [0.25, 0.3) is 0 Å². The van der Waals surface area contributed by atoms with E-state index in [0.29, 0.717) is 0 Å². The summed E-state index contributed by atoms with van der Waals surface area (Å²) in [5, 5.41) is 2.30. The SMILES string of the molecule is Cn1c(-c2[c-]c3c(cc2)c2ccccc2n3-c2[c-]c(-c3ncccc3-c3cccnc3)ccc2)nc2ccccc21.[Pt+2]. The first-order chi connectivity index (χ1) is 20.3. The first-order valence-electron chi connectivity index (χ1n) is 13.5. The fraction of sp³-hybridized carbons (Fsp3) is 0.0278. The summed E-state index contributed by atoms with van der Waals surface area (Å²) in [6, 6.07) is 42.7. The standard InChI is InChI=1S/C36H23N5.Pt/c1-40-33-16-5-3-14-31(33)39-36(40)25-17-18-30-29-12-2-4-15-32(29)41(34(30)22-25)27-11-6-9-24(21-27)35-28(13-8-20-38-35)26-10-7-19-37-23-26;/h2-20,23H,1H3;/q-2;+2. The number of rotatable bonds is 4.